The van der Waals surface area contributed by atoms with Crippen LogP contribution in [0.25, 0.3) is 33.4 Å². The molecular formula is C33H31FN2O4S. The van der Waals surface area contributed by atoms with Gasteiger partial charge >= 0.3 is 0 Å². The minimum Gasteiger partial charge on any atom is -0.455 e. The maximum atomic E-state index is 13.7. The summed E-state index contributed by atoms with van der Waals surface area (Å²) in [5.41, 5.74) is 4.21. The number of fused-ring (bicyclic) bond motifs is 1. The fourth-order valence-electron chi connectivity index (χ4n) is 4.96. The number of ketones is 1. The average molecular weight is 571 g/mol. The number of likely N-dealkylation sites (N-methyl/N-ethyl adjacent to an activating group) is 1. The summed E-state index contributed by atoms with van der Waals surface area (Å²) in [6.45, 7) is 2.39. The molecule has 5 rings (SSSR count). The Morgan fingerprint density at radius 3 is 2.10 bits per heavy atom. The van der Waals surface area contributed by atoms with Gasteiger partial charge in [0.2, 0.25) is 10.0 Å². The first-order valence-electron chi connectivity index (χ1n) is 13.4. The van der Waals surface area contributed by atoms with Gasteiger partial charge in [-0.2, -0.15) is 0 Å². The highest BCUT2D eigenvalue weighted by Gasteiger charge is 2.27. The van der Waals surface area contributed by atoms with Crippen LogP contribution in [-0.4, -0.2) is 40.6 Å². The van der Waals surface area contributed by atoms with Gasteiger partial charge in [-0.05, 0) is 48.0 Å². The van der Waals surface area contributed by atoms with Gasteiger partial charge in [-0.3, -0.25) is 9.10 Å². The number of halogens is 1. The lowest BCUT2D eigenvalue weighted by atomic mass is 9.96. The third kappa shape index (κ3) is 5.88. The van der Waals surface area contributed by atoms with Gasteiger partial charge in [-0.25, -0.2) is 12.8 Å². The van der Waals surface area contributed by atoms with Crippen molar-refractivity contribution < 1.29 is 22.0 Å². The van der Waals surface area contributed by atoms with E-state index >= 15 is 0 Å². The maximum Gasteiger partial charge on any atom is 0.232 e. The van der Waals surface area contributed by atoms with Crippen LogP contribution in [0.2, 0.25) is 0 Å². The summed E-state index contributed by atoms with van der Waals surface area (Å²) in [4.78, 5) is 15.2. The number of Topliss-reactive ketones (excluding diaryl/α,β-unsaturated/α-hetero) is 1. The monoisotopic (exact) mass is 570 g/mol. The van der Waals surface area contributed by atoms with Crippen molar-refractivity contribution >= 4 is 38.2 Å². The second kappa shape index (κ2) is 11.6. The van der Waals surface area contributed by atoms with E-state index in [1.165, 1.54) is 22.7 Å². The van der Waals surface area contributed by atoms with Crippen LogP contribution in [0.5, 0.6) is 0 Å². The number of hydrogen-bond donors (Lipinski definition) is 0. The molecule has 0 N–H and O–H groups in total. The first kappa shape index (κ1) is 28.1. The number of rotatable bonds is 10. The van der Waals surface area contributed by atoms with Gasteiger partial charge in [0.25, 0.3) is 0 Å². The average Bonchev–Trinajstić information content (AvgIpc) is 3.35. The zero-order valence-corrected chi connectivity index (χ0v) is 24.0. The van der Waals surface area contributed by atoms with Crippen molar-refractivity contribution in [1.29, 1.82) is 0 Å². The van der Waals surface area contributed by atoms with Crippen molar-refractivity contribution in [2.75, 3.05) is 35.6 Å². The number of carbonyl (C=O) groups is 1. The summed E-state index contributed by atoms with van der Waals surface area (Å²) in [5, 5.41) is 0.577. The second-order valence-corrected chi connectivity index (χ2v) is 11.8. The first-order valence-corrected chi connectivity index (χ1v) is 15.2. The van der Waals surface area contributed by atoms with Gasteiger partial charge in [0.1, 0.15) is 17.2 Å². The Bertz CT molecular complexity index is 1780. The van der Waals surface area contributed by atoms with Crippen molar-refractivity contribution in [1.82, 2.24) is 0 Å². The van der Waals surface area contributed by atoms with Gasteiger partial charge in [0, 0.05) is 48.3 Å². The first-order chi connectivity index (χ1) is 19.7. The van der Waals surface area contributed by atoms with Gasteiger partial charge in [-0.1, -0.05) is 55.5 Å². The molecular weight excluding hydrogens is 539 g/mol. The highest BCUT2D eigenvalue weighted by Crippen LogP contribution is 2.42. The van der Waals surface area contributed by atoms with E-state index in [1.807, 2.05) is 78.7 Å². The molecule has 210 valence electrons. The molecule has 0 radical (unpaired) electrons. The molecule has 0 bridgehead atoms. The highest BCUT2D eigenvalue weighted by molar-refractivity contribution is 7.92. The minimum absolute atomic E-state index is 0.126. The Labute approximate surface area is 239 Å². The highest BCUT2D eigenvalue weighted by atomic mass is 32.2. The Morgan fingerprint density at radius 2 is 1.49 bits per heavy atom. The second-order valence-electron chi connectivity index (χ2n) is 9.91. The SMILES string of the molecule is CCC(=O)c1c(-c2ccc(F)cc2)oc2cc(N(CCN(C)c3ccccc3)S(C)(=O)=O)c(-c3ccccc3)cc12. The fourth-order valence-corrected chi connectivity index (χ4v) is 5.88. The molecule has 0 aliphatic carbocycles. The van der Waals surface area contributed by atoms with Crippen LogP contribution in [0.3, 0.4) is 0 Å². The molecule has 1 aromatic heterocycles. The number of carbonyl (C=O) groups excluding carboxylic acids is 1. The van der Waals surface area contributed by atoms with Crippen molar-refractivity contribution in [2.24, 2.45) is 0 Å². The topological polar surface area (TPSA) is 70.8 Å². The zero-order valence-electron chi connectivity index (χ0n) is 23.2. The normalized spacial score (nSPS) is 11.5. The Balaban J connectivity index is 1.71. The molecule has 0 saturated heterocycles. The van der Waals surface area contributed by atoms with E-state index < -0.39 is 15.8 Å². The lowest BCUT2D eigenvalue weighted by Crippen LogP contribution is -2.37. The van der Waals surface area contributed by atoms with Crippen molar-refractivity contribution in [2.45, 2.75) is 13.3 Å². The van der Waals surface area contributed by atoms with E-state index in [4.69, 9.17) is 4.42 Å². The van der Waals surface area contributed by atoms with E-state index in [1.54, 1.807) is 25.1 Å². The molecule has 4 aromatic carbocycles. The Kier molecular flexibility index (Phi) is 7.94. The van der Waals surface area contributed by atoms with Crippen LogP contribution < -0.4 is 9.21 Å². The standard InChI is InChI=1S/C33H31FN2O4S/c1-4-30(37)32-28-21-27(23-11-7-5-8-12-23)29(22-31(28)40-33(32)24-15-17-25(34)18-16-24)36(41(3,38)39)20-19-35(2)26-13-9-6-10-14-26/h5-18,21-22H,4,19-20H2,1-3H3. The molecule has 5 aromatic rings. The predicted octanol–water partition coefficient (Wildman–Crippen LogP) is 7.40. The van der Waals surface area contributed by atoms with Crippen LogP contribution in [0.4, 0.5) is 15.8 Å². The van der Waals surface area contributed by atoms with E-state index in [2.05, 4.69) is 0 Å². The summed E-state index contributed by atoms with van der Waals surface area (Å²) >= 11 is 0. The summed E-state index contributed by atoms with van der Waals surface area (Å²) in [7, 11) is -1.80. The molecule has 0 saturated carbocycles. The molecule has 0 atom stereocenters. The molecule has 0 aliphatic heterocycles. The molecule has 1 heterocycles. The van der Waals surface area contributed by atoms with Crippen LogP contribution in [0, 0.1) is 5.82 Å². The number of benzene rings is 4. The Hall–Kier alpha value is -4.43. The van der Waals surface area contributed by atoms with Crippen molar-refractivity contribution in [3.05, 3.63) is 108 Å². The largest absolute Gasteiger partial charge is 0.455 e. The molecule has 0 amide bonds. The third-order valence-corrected chi connectivity index (χ3v) is 8.28. The van der Waals surface area contributed by atoms with E-state index in [-0.39, 0.29) is 18.7 Å². The predicted molar refractivity (Wildman–Crippen MR) is 164 cm³/mol. The number of anilines is 2. The summed E-state index contributed by atoms with van der Waals surface area (Å²) < 4.78 is 47.9. The molecule has 0 unspecified atom stereocenters. The van der Waals surface area contributed by atoms with E-state index in [0.29, 0.717) is 45.7 Å². The number of para-hydroxylation sites is 1. The molecule has 41 heavy (non-hydrogen) atoms. The van der Waals surface area contributed by atoms with Crippen molar-refractivity contribution in [3.8, 4) is 22.5 Å². The van der Waals surface area contributed by atoms with Crippen LogP contribution in [0.15, 0.2) is 101 Å². The van der Waals surface area contributed by atoms with Crippen LogP contribution in [0.1, 0.15) is 23.7 Å². The zero-order chi connectivity index (χ0) is 29.1. The number of nitrogens with zero attached hydrogens (tertiary/aromatic N) is 2. The number of furan rings is 1. The number of sulfonamides is 1. The maximum absolute atomic E-state index is 13.7. The quantitative estimate of drug-likeness (QED) is 0.164. The minimum atomic E-state index is -3.72. The molecule has 0 aliphatic rings. The fraction of sp³-hybridized carbons (Fsp3) is 0.182. The Morgan fingerprint density at radius 1 is 0.854 bits per heavy atom. The summed E-state index contributed by atoms with van der Waals surface area (Å²) in [6, 6.07) is 28.5. The van der Waals surface area contributed by atoms with Crippen LogP contribution in [-0.2, 0) is 10.0 Å². The van der Waals surface area contributed by atoms with Gasteiger partial charge in [-0.15, -0.1) is 0 Å². The summed E-state index contributed by atoms with van der Waals surface area (Å²) in [6.07, 6.45) is 1.43. The third-order valence-electron chi connectivity index (χ3n) is 7.10. The molecule has 6 nitrogen and oxygen atoms in total. The van der Waals surface area contributed by atoms with Gasteiger partial charge in [0.15, 0.2) is 5.78 Å². The smallest absolute Gasteiger partial charge is 0.232 e. The van der Waals surface area contributed by atoms with E-state index in [9.17, 15) is 17.6 Å². The lowest BCUT2D eigenvalue weighted by Gasteiger charge is -2.28. The molecule has 0 fully saturated rings. The molecule has 0 spiro atoms. The van der Waals surface area contributed by atoms with Crippen LogP contribution >= 0.6 is 0 Å². The van der Waals surface area contributed by atoms with Gasteiger partial charge < -0.3 is 9.32 Å². The van der Waals surface area contributed by atoms with Crippen molar-refractivity contribution in [3.63, 3.8) is 0 Å². The van der Waals surface area contributed by atoms with E-state index in [0.717, 1.165) is 11.3 Å². The number of hydrogen-bond acceptors (Lipinski definition) is 5. The van der Waals surface area contributed by atoms with Gasteiger partial charge in [0.05, 0.1) is 24.1 Å². The molecule has 8 heteroatoms. The lowest BCUT2D eigenvalue weighted by molar-refractivity contribution is 0.0989. The summed E-state index contributed by atoms with van der Waals surface area (Å²) in [5.74, 6) is -0.192.